The summed E-state index contributed by atoms with van der Waals surface area (Å²) >= 11 is 0. The van der Waals surface area contributed by atoms with E-state index in [0.717, 1.165) is 24.5 Å². The molecule has 0 aromatic heterocycles. The Morgan fingerprint density at radius 3 is 2.65 bits per heavy atom. The largest absolute Gasteiger partial charge is 0.494 e. The standard InChI is InChI=1S/C15H23NO/c1-3-17-14-8-6-13(7-9-14)15(16)10-4-5-12(2)11-15/h6-9,12H,3-5,10-11,16H2,1-2H3. The lowest BCUT2D eigenvalue weighted by atomic mass is 9.73. The Bertz CT molecular complexity index is 360. The molecule has 0 spiro atoms. The van der Waals surface area contributed by atoms with Gasteiger partial charge in [0.1, 0.15) is 5.75 Å². The van der Waals surface area contributed by atoms with Crippen LogP contribution in [0.15, 0.2) is 24.3 Å². The number of hydrogen-bond acceptors (Lipinski definition) is 2. The van der Waals surface area contributed by atoms with Gasteiger partial charge < -0.3 is 10.5 Å². The van der Waals surface area contributed by atoms with Crippen molar-refractivity contribution in [2.45, 2.75) is 45.1 Å². The molecular weight excluding hydrogens is 210 g/mol. The minimum Gasteiger partial charge on any atom is -0.494 e. The maximum Gasteiger partial charge on any atom is 0.119 e. The smallest absolute Gasteiger partial charge is 0.119 e. The highest BCUT2D eigenvalue weighted by Gasteiger charge is 2.32. The fourth-order valence-corrected chi connectivity index (χ4v) is 2.90. The van der Waals surface area contributed by atoms with Crippen molar-refractivity contribution in [1.82, 2.24) is 0 Å². The molecule has 0 heterocycles. The van der Waals surface area contributed by atoms with Crippen LogP contribution in [0.5, 0.6) is 5.75 Å². The number of benzene rings is 1. The van der Waals surface area contributed by atoms with E-state index < -0.39 is 0 Å². The van der Waals surface area contributed by atoms with E-state index in [1.165, 1.54) is 18.4 Å². The summed E-state index contributed by atoms with van der Waals surface area (Å²) in [6, 6.07) is 8.32. The zero-order chi connectivity index (χ0) is 12.3. The van der Waals surface area contributed by atoms with Crippen LogP contribution in [0.4, 0.5) is 0 Å². The average molecular weight is 233 g/mol. The van der Waals surface area contributed by atoms with Gasteiger partial charge in [-0.2, -0.15) is 0 Å². The van der Waals surface area contributed by atoms with Gasteiger partial charge in [0.25, 0.3) is 0 Å². The average Bonchev–Trinajstić information content (AvgIpc) is 2.30. The lowest BCUT2D eigenvalue weighted by Gasteiger charge is -2.37. The molecule has 2 N–H and O–H groups in total. The predicted octanol–water partition coefficient (Wildman–Crippen LogP) is 3.45. The van der Waals surface area contributed by atoms with Crippen LogP contribution in [0.1, 0.15) is 45.1 Å². The molecule has 2 unspecified atom stereocenters. The third-order valence-electron chi connectivity index (χ3n) is 3.77. The summed E-state index contributed by atoms with van der Waals surface area (Å²) in [5.41, 5.74) is 7.69. The summed E-state index contributed by atoms with van der Waals surface area (Å²) in [5.74, 6) is 1.67. The van der Waals surface area contributed by atoms with Gasteiger partial charge in [-0.05, 0) is 43.4 Å². The van der Waals surface area contributed by atoms with Gasteiger partial charge in [-0.1, -0.05) is 31.9 Å². The van der Waals surface area contributed by atoms with E-state index in [9.17, 15) is 0 Å². The Labute approximate surface area is 104 Å². The quantitative estimate of drug-likeness (QED) is 0.868. The molecule has 1 aromatic carbocycles. The molecule has 17 heavy (non-hydrogen) atoms. The van der Waals surface area contributed by atoms with Crippen LogP contribution in [0.3, 0.4) is 0 Å². The second-order valence-corrected chi connectivity index (χ2v) is 5.32. The molecule has 1 aromatic rings. The Kier molecular flexibility index (Phi) is 3.72. The minimum absolute atomic E-state index is 0.123. The number of nitrogens with two attached hydrogens (primary N) is 1. The third-order valence-corrected chi connectivity index (χ3v) is 3.77. The summed E-state index contributed by atoms with van der Waals surface area (Å²) in [6.45, 7) is 5.01. The van der Waals surface area contributed by atoms with Crippen molar-refractivity contribution in [2.24, 2.45) is 11.7 Å². The Balaban J connectivity index is 2.15. The molecule has 1 aliphatic rings. The molecule has 94 valence electrons. The van der Waals surface area contributed by atoms with Crippen LogP contribution in [-0.2, 0) is 5.54 Å². The molecule has 2 heteroatoms. The minimum atomic E-state index is -0.123. The van der Waals surface area contributed by atoms with Crippen molar-refractivity contribution in [2.75, 3.05) is 6.61 Å². The molecule has 0 bridgehead atoms. The van der Waals surface area contributed by atoms with Crippen molar-refractivity contribution in [3.05, 3.63) is 29.8 Å². The molecule has 0 radical (unpaired) electrons. The highest BCUT2D eigenvalue weighted by molar-refractivity contribution is 5.32. The van der Waals surface area contributed by atoms with E-state index in [1.807, 2.05) is 19.1 Å². The number of rotatable bonds is 3. The van der Waals surface area contributed by atoms with Crippen LogP contribution in [0.25, 0.3) is 0 Å². The van der Waals surface area contributed by atoms with Gasteiger partial charge in [0, 0.05) is 5.54 Å². The van der Waals surface area contributed by atoms with Crippen molar-refractivity contribution in [3.8, 4) is 5.75 Å². The van der Waals surface area contributed by atoms with E-state index >= 15 is 0 Å². The lowest BCUT2D eigenvalue weighted by molar-refractivity contribution is 0.239. The van der Waals surface area contributed by atoms with E-state index in [0.29, 0.717) is 6.61 Å². The van der Waals surface area contributed by atoms with Crippen molar-refractivity contribution in [1.29, 1.82) is 0 Å². The second-order valence-electron chi connectivity index (χ2n) is 5.32. The van der Waals surface area contributed by atoms with Crippen molar-refractivity contribution in [3.63, 3.8) is 0 Å². The summed E-state index contributed by atoms with van der Waals surface area (Å²) in [5, 5.41) is 0. The van der Waals surface area contributed by atoms with E-state index in [1.54, 1.807) is 0 Å². The zero-order valence-electron chi connectivity index (χ0n) is 10.9. The Morgan fingerprint density at radius 1 is 1.35 bits per heavy atom. The van der Waals surface area contributed by atoms with Gasteiger partial charge in [0.15, 0.2) is 0 Å². The first-order valence-electron chi connectivity index (χ1n) is 6.66. The maximum atomic E-state index is 6.55. The van der Waals surface area contributed by atoms with Gasteiger partial charge in [-0.3, -0.25) is 0 Å². The zero-order valence-corrected chi connectivity index (χ0v) is 10.9. The highest BCUT2D eigenvalue weighted by atomic mass is 16.5. The monoisotopic (exact) mass is 233 g/mol. The first kappa shape index (κ1) is 12.4. The number of hydrogen-bond donors (Lipinski definition) is 1. The summed E-state index contributed by atoms with van der Waals surface area (Å²) < 4.78 is 5.46. The highest BCUT2D eigenvalue weighted by Crippen LogP contribution is 2.38. The van der Waals surface area contributed by atoms with E-state index in [4.69, 9.17) is 10.5 Å². The van der Waals surface area contributed by atoms with E-state index in [2.05, 4.69) is 19.1 Å². The summed E-state index contributed by atoms with van der Waals surface area (Å²) in [4.78, 5) is 0. The topological polar surface area (TPSA) is 35.2 Å². The fraction of sp³-hybridized carbons (Fsp3) is 0.600. The summed E-state index contributed by atoms with van der Waals surface area (Å²) in [6.07, 6.45) is 4.76. The van der Waals surface area contributed by atoms with Gasteiger partial charge in [-0.25, -0.2) is 0 Å². The molecule has 2 atom stereocenters. The first-order chi connectivity index (χ1) is 8.14. The van der Waals surface area contributed by atoms with Crippen molar-refractivity contribution >= 4 is 0 Å². The second kappa shape index (κ2) is 5.09. The van der Waals surface area contributed by atoms with Crippen LogP contribution < -0.4 is 10.5 Å². The van der Waals surface area contributed by atoms with Crippen LogP contribution >= 0.6 is 0 Å². The SMILES string of the molecule is CCOc1ccc(C2(N)CCCC(C)C2)cc1. The Morgan fingerprint density at radius 2 is 2.06 bits per heavy atom. The molecule has 1 saturated carbocycles. The Hall–Kier alpha value is -1.02. The molecular formula is C15H23NO. The van der Waals surface area contributed by atoms with Gasteiger partial charge in [0.2, 0.25) is 0 Å². The molecule has 2 nitrogen and oxygen atoms in total. The number of ether oxygens (including phenoxy) is 1. The molecule has 0 amide bonds. The lowest BCUT2D eigenvalue weighted by Crippen LogP contribution is -2.40. The molecule has 1 fully saturated rings. The van der Waals surface area contributed by atoms with Crippen molar-refractivity contribution < 1.29 is 4.74 Å². The van der Waals surface area contributed by atoms with Crippen LogP contribution in [0.2, 0.25) is 0 Å². The van der Waals surface area contributed by atoms with E-state index in [-0.39, 0.29) is 5.54 Å². The first-order valence-corrected chi connectivity index (χ1v) is 6.66. The fourth-order valence-electron chi connectivity index (χ4n) is 2.90. The van der Waals surface area contributed by atoms with Crippen LogP contribution in [0, 0.1) is 5.92 Å². The predicted molar refractivity (Wildman–Crippen MR) is 71.1 cm³/mol. The molecule has 0 saturated heterocycles. The summed E-state index contributed by atoms with van der Waals surface area (Å²) in [7, 11) is 0. The van der Waals surface area contributed by atoms with Gasteiger partial charge >= 0.3 is 0 Å². The normalized spacial score (nSPS) is 29.0. The molecule has 2 rings (SSSR count). The molecule has 1 aliphatic carbocycles. The van der Waals surface area contributed by atoms with Gasteiger partial charge in [0.05, 0.1) is 6.61 Å². The molecule has 0 aliphatic heterocycles. The van der Waals surface area contributed by atoms with Crippen LogP contribution in [-0.4, -0.2) is 6.61 Å². The maximum absolute atomic E-state index is 6.55. The third kappa shape index (κ3) is 2.81. The van der Waals surface area contributed by atoms with Gasteiger partial charge in [-0.15, -0.1) is 0 Å².